The van der Waals surface area contributed by atoms with Crippen molar-refractivity contribution in [3.63, 3.8) is 0 Å². The third-order valence-electron chi connectivity index (χ3n) is 5.07. The molecular formula is C19H25BrF3N7O3. The van der Waals surface area contributed by atoms with Gasteiger partial charge in [0.2, 0.25) is 5.95 Å². The molecule has 2 atom stereocenters. The van der Waals surface area contributed by atoms with Gasteiger partial charge in [-0.05, 0) is 22.9 Å². The second kappa shape index (κ2) is 11.2. The molecule has 3 N–H and O–H groups in total. The molecule has 1 fully saturated rings. The van der Waals surface area contributed by atoms with E-state index in [1.165, 1.54) is 6.20 Å². The Hall–Kier alpha value is -2.29. The van der Waals surface area contributed by atoms with Crippen molar-refractivity contribution in [3.05, 3.63) is 39.0 Å². The minimum Gasteiger partial charge on any atom is -0.379 e. The van der Waals surface area contributed by atoms with Gasteiger partial charge in [0, 0.05) is 51.0 Å². The Morgan fingerprint density at radius 3 is 2.55 bits per heavy atom. The predicted octanol–water partition coefficient (Wildman–Crippen LogP) is 1.69. The summed E-state index contributed by atoms with van der Waals surface area (Å²) < 4.78 is 43.9. The minimum atomic E-state index is -4.47. The summed E-state index contributed by atoms with van der Waals surface area (Å²) in [5, 5.41) is 19.6. The van der Waals surface area contributed by atoms with Crippen LogP contribution in [0, 0.1) is 0 Å². The largest absolute Gasteiger partial charge is 0.419 e. The summed E-state index contributed by atoms with van der Waals surface area (Å²) in [5.41, 5.74) is -0.655. The van der Waals surface area contributed by atoms with Gasteiger partial charge in [-0.2, -0.15) is 18.3 Å². The number of rotatable bonds is 9. The highest BCUT2D eigenvalue weighted by Crippen LogP contribution is 2.28. The topological polar surface area (TPSA) is 120 Å². The number of nitrogens with one attached hydrogen (secondary N) is 2. The summed E-state index contributed by atoms with van der Waals surface area (Å²) in [7, 11) is 0. The van der Waals surface area contributed by atoms with Crippen molar-refractivity contribution in [2.45, 2.75) is 31.8 Å². The van der Waals surface area contributed by atoms with Gasteiger partial charge in [-0.25, -0.2) is 15.1 Å². The van der Waals surface area contributed by atoms with Crippen LogP contribution in [0.4, 0.5) is 24.8 Å². The molecule has 0 spiro atoms. The van der Waals surface area contributed by atoms with Gasteiger partial charge in [0.05, 0.1) is 30.7 Å². The molecule has 1 aliphatic heterocycles. The molecule has 0 unspecified atom stereocenters. The van der Waals surface area contributed by atoms with Crippen LogP contribution in [-0.4, -0.2) is 81.8 Å². The molecule has 3 heterocycles. The number of H-pyrrole nitrogens is 1. The smallest absolute Gasteiger partial charge is 0.379 e. The summed E-state index contributed by atoms with van der Waals surface area (Å²) in [6.07, 6.45) is -1.70. The molecule has 14 heteroatoms. The highest BCUT2D eigenvalue weighted by atomic mass is 79.9. The Labute approximate surface area is 196 Å². The van der Waals surface area contributed by atoms with E-state index in [0.717, 1.165) is 12.4 Å². The number of aliphatic hydroxyl groups excluding tert-OH is 1. The van der Waals surface area contributed by atoms with E-state index in [2.05, 4.69) is 41.4 Å². The molecule has 0 aliphatic carbocycles. The van der Waals surface area contributed by atoms with E-state index in [0.29, 0.717) is 56.0 Å². The maximum atomic E-state index is 12.6. The van der Waals surface area contributed by atoms with Crippen LogP contribution in [0.1, 0.15) is 18.9 Å². The number of aromatic nitrogens is 4. The molecule has 1 saturated heterocycles. The number of anilines is 2. The van der Waals surface area contributed by atoms with E-state index in [9.17, 15) is 23.1 Å². The van der Waals surface area contributed by atoms with Crippen molar-refractivity contribution >= 4 is 27.6 Å². The number of hydrogen-bond acceptors (Lipinski definition) is 9. The Morgan fingerprint density at radius 2 is 1.91 bits per heavy atom. The third-order valence-corrected chi connectivity index (χ3v) is 5.86. The molecule has 0 radical (unpaired) electrons. The first-order valence-corrected chi connectivity index (χ1v) is 11.1. The Morgan fingerprint density at radius 1 is 1.24 bits per heavy atom. The van der Waals surface area contributed by atoms with Crippen LogP contribution in [0.25, 0.3) is 0 Å². The maximum Gasteiger partial charge on any atom is 0.419 e. The molecular weight excluding hydrogens is 511 g/mol. The Bertz CT molecular complexity index is 953. The first-order valence-electron chi connectivity index (χ1n) is 10.3. The monoisotopic (exact) mass is 535 g/mol. The van der Waals surface area contributed by atoms with Gasteiger partial charge in [0.25, 0.3) is 5.56 Å². The molecule has 10 nitrogen and oxygen atoms in total. The van der Waals surface area contributed by atoms with Crippen LogP contribution in [0.5, 0.6) is 0 Å². The maximum absolute atomic E-state index is 12.6. The van der Waals surface area contributed by atoms with Crippen molar-refractivity contribution < 1.29 is 23.0 Å². The van der Waals surface area contributed by atoms with Gasteiger partial charge in [-0.1, -0.05) is 0 Å². The van der Waals surface area contributed by atoms with E-state index in [1.54, 1.807) is 4.90 Å². The van der Waals surface area contributed by atoms with Crippen LogP contribution in [0.2, 0.25) is 0 Å². The summed E-state index contributed by atoms with van der Waals surface area (Å²) in [6.45, 7) is 4.62. The lowest BCUT2D eigenvalue weighted by molar-refractivity contribution is -0.138. The molecule has 2 aromatic rings. The van der Waals surface area contributed by atoms with Crippen LogP contribution in [0.3, 0.4) is 0 Å². The second-order valence-electron chi connectivity index (χ2n) is 7.61. The van der Waals surface area contributed by atoms with E-state index < -0.39 is 18.0 Å². The minimum absolute atomic E-state index is 0.0886. The first kappa shape index (κ1) is 25.3. The molecule has 3 rings (SSSR count). The zero-order chi connectivity index (χ0) is 24.0. The number of alkyl halides is 3. The lowest BCUT2D eigenvalue weighted by atomic mass is 10.2. The number of aliphatic hydroxyl groups is 1. The summed E-state index contributed by atoms with van der Waals surface area (Å²) in [4.78, 5) is 22.8. The van der Waals surface area contributed by atoms with Gasteiger partial charge < -0.3 is 20.1 Å². The van der Waals surface area contributed by atoms with Gasteiger partial charge in [-0.3, -0.25) is 9.69 Å². The van der Waals surface area contributed by atoms with Crippen LogP contribution in [0.15, 0.2) is 27.9 Å². The first-order chi connectivity index (χ1) is 15.6. The zero-order valence-electron chi connectivity index (χ0n) is 17.8. The van der Waals surface area contributed by atoms with E-state index in [4.69, 9.17) is 4.74 Å². The van der Waals surface area contributed by atoms with Crippen molar-refractivity contribution in [1.29, 1.82) is 0 Å². The van der Waals surface area contributed by atoms with Crippen molar-refractivity contribution in [3.8, 4) is 0 Å². The van der Waals surface area contributed by atoms with Crippen LogP contribution < -0.4 is 15.8 Å². The highest BCUT2D eigenvalue weighted by molar-refractivity contribution is 9.10. The van der Waals surface area contributed by atoms with Crippen molar-refractivity contribution in [2.75, 3.05) is 49.6 Å². The lowest BCUT2D eigenvalue weighted by Crippen LogP contribution is -2.51. The Kier molecular flexibility index (Phi) is 8.62. The third kappa shape index (κ3) is 7.09. The van der Waals surface area contributed by atoms with E-state index >= 15 is 0 Å². The molecule has 0 saturated carbocycles. The zero-order valence-corrected chi connectivity index (χ0v) is 19.4. The van der Waals surface area contributed by atoms with Gasteiger partial charge in [0.15, 0.2) is 0 Å². The van der Waals surface area contributed by atoms with Crippen LogP contribution >= 0.6 is 15.9 Å². The number of aromatic amines is 1. The summed E-state index contributed by atoms with van der Waals surface area (Å²) >= 11 is 3.20. The van der Waals surface area contributed by atoms with Gasteiger partial charge >= 0.3 is 6.18 Å². The van der Waals surface area contributed by atoms with Gasteiger partial charge in [-0.15, -0.1) is 0 Å². The summed E-state index contributed by atoms with van der Waals surface area (Å²) in [5.74, 6) is 0.240. The molecule has 182 valence electrons. The van der Waals surface area contributed by atoms with Crippen LogP contribution in [-0.2, 0) is 10.9 Å². The normalized spacial score (nSPS) is 17.1. The molecule has 0 amide bonds. The molecule has 2 aromatic heterocycles. The average Bonchev–Trinajstić information content (AvgIpc) is 2.79. The predicted molar refractivity (Wildman–Crippen MR) is 118 cm³/mol. The lowest BCUT2D eigenvalue weighted by Gasteiger charge is -2.37. The van der Waals surface area contributed by atoms with Crippen molar-refractivity contribution in [1.82, 2.24) is 25.1 Å². The fourth-order valence-corrected chi connectivity index (χ4v) is 3.58. The second-order valence-corrected chi connectivity index (χ2v) is 8.40. The average molecular weight is 536 g/mol. The standard InChI is InChI=1S/C19H25BrF3N7O3/c1-12(27-14-10-26-28-17(32)16(14)20)11-33-7-2-15(31)29-3-5-30(6-4-29)18-24-8-13(9-25-18)19(21,22)23/h8-10,12,15,31H,2-7,11H2,1H3,(H2,27,28,32)/t12-,15-/m0/s1. The number of piperazine rings is 1. The SMILES string of the molecule is C[C@@H](COCC[C@H](O)N1CCN(c2ncc(C(F)(F)F)cn2)CC1)Nc1cn[nH]c(=O)c1Br. The van der Waals surface area contributed by atoms with Crippen molar-refractivity contribution in [2.24, 2.45) is 0 Å². The fraction of sp³-hybridized carbons (Fsp3) is 0.579. The van der Waals surface area contributed by atoms with Gasteiger partial charge in [0.1, 0.15) is 10.7 Å². The van der Waals surface area contributed by atoms with E-state index in [-0.39, 0.29) is 17.5 Å². The molecule has 33 heavy (non-hydrogen) atoms. The molecule has 0 bridgehead atoms. The highest BCUT2D eigenvalue weighted by Gasteiger charge is 2.32. The molecule has 1 aliphatic rings. The summed E-state index contributed by atoms with van der Waals surface area (Å²) in [6, 6.07) is -0.0886. The number of ether oxygens (including phenoxy) is 1. The number of nitrogens with zero attached hydrogens (tertiary/aromatic N) is 5. The number of hydrogen-bond donors (Lipinski definition) is 3. The van der Waals surface area contributed by atoms with E-state index in [1.807, 2.05) is 11.8 Å². The molecule has 0 aromatic carbocycles. The Balaban J connectivity index is 1.36. The number of halogens is 4. The quantitative estimate of drug-likeness (QED) is 0.412. The fourth-order valence-electron chi connectivity index (χ4n) is 3.27.